The number of aromatic amines is 1. The molecule has 1 atom stereocenters. The number of benzene rings is 1. The van der Waals surface area contributed by atoms with Gasteiger partial charge in [0.15, 0.2) is 17.2 Å². The van der Waals surface area contributed by atoms with Gasteiger partial charge in [0.25, 0.3) is 11.5 Å². The number of imidazole rings is 1. The Morgan fingerprint density at radius 2 is 1.90 bits per heavy atom. The van der Waals surface area contributed by atoms with Crippen LogP contribution in [0.25, 0.3) is 22.7 Å². The highest BCUT2D eigenvalue weighted by atomic mass is 16.7. The SMILES string of the molecule is CCCn1c(=O)c2[nH]c(-c3cc(OC(C(=O)NCc4ccccc4)C4=COCO4)nn3C)nc2n(CCC)c1=O. The number of nitrogens with one attached hydrogen (secondary N) is 2. The first-order valence-corrected chi connectivity index (χ1v) is 13.1. The van der Waals surface area contributed by atoms with Gasteiger partial charge in [-0.2, -0.15) is 0 Å². The van der Waals surface area contributed by atoms with E-state index in [0.29, 0.717) is 44.0 Å². The summed E-state index contributed by atoms with van der Waals surface area (Å²) in [7, 11) is 1.68. The van der Waals surface area contributed by atoms with Crippen LogP contribution < -0.4 is 21.3 Å². The number of aromatic nitrogens is 6. The highest BCUT2D eigenvalue weighted by Crippen LogP contribution is 2.25. The third kappa shape index (κ3) is 5.22. The maximum atomic E-state index is 13.1. The van der Waals surface area contributed by atoms with Crippen molar-refractivity contribution in [3.63, 3.8) is 0 Å². The fourth-order valence-electron chi connectivity index (χ4n) is 4.48. The molecule has 4 aromatic rings. The Bertz CT molecular complexity index is 1660. The molecule has 13 nitrogen and oxygen atoms in total. The summed E-state index contributed by atoms with van der Waals surface area (Å²) in [4.78, 5) is 46.9. The van der Waals surface area contributed by atoms with Gasteiger partial charge in [-0.15, -0.1) is 5.10 Å². The molecule has 0 saturated heterocycles. The van der Waals surface area contributed by atoms with Crippen molar-refractivity contribution < 1.29 is 19.0 Å². The van der Waals surface area contributed by atoms with Gasteiger partial charge in [-0.3, -0.25) is 23.4 Å². The average Bonchev–Trinajstić information content (AvgIpc) is 3.72. The number of H-pyrrole nitrogens is 1. The maximum Gasteiger partial charge on any atom is 0.332 e. The van der Waals surface area contributed by atoms with E-state index in [1.807, 2.05) is 44.2 Å². The predicted octanol–water partition coefficient (Wildman–Crippen LogP) is 2.02. The Balaban J connectivity index is 1.45. The summed E-state index contributed by atoms with van der Waals surface area (Å²) < 4.78 is 20.8. The number of hydrogen-bond acceptors (Lipinski definition) is 8. The van der Waals surface area contributed by atoms with Crippen LogP contribution in [0, 0.1) is 0 Å². The van der Waals surface area contributed by atoms with E-state index in [1.165, 1.54) is 20.1 Å². The molecule has 4 heterocycles. The zero-order valence-corrected chi connectivity index (χ0v) is 22.5. The fourth-order valence-corrected chi connectivity index (χ4v) is 4.48. The monoisotopic (exact) mass is 549 g/mol. The highest BCUT2D eigenvalue weighted by molar-refractivity contribution is 5.84. The summed E-state index contributed by atoms with van der Waals surface area (Å²) in [6, 6.07) is 11.1. The Labute approximate surface area is 229 Å². The van der Waals surface area contributed by atoms with E-state index in [4.69, 9.17) is 14.2 Å². The smallest absolute Gasteiger partial charge is 0.332 e. The van der Waals surface area contributed by atoms with Crippen LogP contribution in [0.2, 0.25) is 0 Å². The molecule has 0 saturated carbocycles. The zero-order chi connectivity index (χ0) is 28.2. The van der Waals surface area contributed by atoms with E-state index in [0.717, 1.165) is 5.56 Å². The topological polar surface area (TPSA) is 147 Å². The summed E-state index contributed by atoms with van der Waals surface area (Å²) in [5.41, 5.74) is 1.13. The number of nitrogens with zero attached hydrogens (tertiary/aromatic N) is 5. The number of hydrogen-bond donors (Lipinski definition) is 2. The van der Waals surface area contributed by atoms with Crippen LogP contribution in [0.5, 0.6) is 5.88 Å². The Morgan fingerprint density at radius 1 is 1.15 bits per heavy atom. The molecule has 0 fully saturated rings. The van der Waals surface area contributed by atoms with Crippen LogP contribution >= 0.6 is 0 Å². The van der Waals surface area contributed by atoms with Crippen LogP contribution in [0.3, 0.4) is 0 Å². The van der Waals surface area contributed by atoms with Gasteiger partial charge in [0.1, 0.15) is 17.5 Å². The molecule has 3 aromatic heterocycles. The summed E-state index contributed by atoms with van der Waals surface area (Å²) in [6.07, 6.45) is 1.52. The third-order valence-electron chi connectivity index (χ3n) is 6.39. The van der Waals surface area contributed by atoms with Crippen molar-refractivity contribution in [3.8, 4) is 17.4 Å². The molecule has 1 unspecified atom stereocenters. The Morgan fingerprint density at radius 3 is 2.60 bits per heavy atom. The van der Waals surface area contributed by atoms with E-state index in [9.17, 15) is 14.4 Å². The quantitative estimate of drug-likeness (QED) is 0.289. The van der Waals surface area contributed by atoms with Crippen LogP contribution in [-0.4, -0.2) is 47.7 Å². The minimum atomic E-state index is -1.15. The number of carbonyl (C=O) groups is 1. The third-order valence-corrected chi connectivity index (χ3v) is 6.39. The van der Waals surface area contributed by atoms with Crippen LogP contribution in [0.4, 0.5) is 0 Å². The van der Waals surface area contributed by atoms with Gasteiger partial charge in [-0.05, 0) is 18.4 Å². The lowest BCUT2D eigenvalue weighted by atomic mass is 10.2. The molecule has 40 heavy (non-hydrogen) atoms. The molecule has 2 N–H and O–H groups in total. The first-order valence-electron chi connectivity index (χ1n) is 13.1. The van der Waals surface area contributed by atoms with Crippen molar-refractivity contribution >= 4 is 17.1 Å². The van der Waals surface area contributed by atoms with E-state index < -0.39 is 17.6 Å². The largest absolute Gasteiger partial charge is 0.461 e. The normalized spacial score (nSPS) is 13.5. The average molecular weight is 550 g/mol. The van der Waals surface area contributed by atoms with Crippen molar-refractivity contribution in [2.45, 2.75) is 52.4 Å². The molecule has 1 aliphatic rings. The van der Waals surface area contributed by atoms with Crippen LogP contribution in [0.1, 0.15) is 32.3 Å². The van der Waals surface area contributed by atoms with Gasteiger partial charge < -0.3 is 24.5 Å². The lowest BCUT2D eigenvalue weighted by molar-refractivity contribution is -0.128. The van der Waals surface area contributed by atoms with E-state index >= 15 is 0 Å². The van der Waals surface area contributed by atoms with Gasteiger partial charge in [0, 0.05) is 32.7 Å². The summed E-state index contributed by atoms with van der Waals surface area (Å²) in [5, 5.41) is 7.24. The second-order valence-corrected chi connectivity index (χ2v) is 9.32. The van der Waals surface area contributed by atoms with E-state index in [-0.39, 0.29) is 35.3 Å². The predicted molar refractivity (Wildman–Crippen MR) is 145 cm³/mol. The molecule has 13 heteroatoms. The summed E-state index contributed by atoms with van der Waals surface area (Å²) in [5.74, 6) is 0.238. The summed E-state index contributed by atoms with van der Waals surface area (Å²) >= 11 is 0. The number of carbonyl (C=O) groups excluding carboxylic acids is 1. The number of rotatable bonds is 11. The second kappa shape index (κ2) is 11.5. The molecule has 1 aromatic carbocycles. The maximum absolute atomic E-state index is 13.1. The zero-order valence-electron chi connectivity index (χ0n) is 22.5. The minimum absolute atomic E-state index is 0.0252. The molecule has 0 spiro atoms. The van der Waals surface area contributed by atoms with Crippen molar-refractivity contribution in [1.29, 1.82) is 0 Å². The van der Waals surface area contributed by atoms with Crippen molar-refractivity contribution in [2.75, 3.05) is 6.79 Å². The molecule has 0 aliphatic carbocycles. The molecular formula is C27H31N7O6. The molecule has 0 radical (unpaired) electrons. The minimum Gasteiger partial charge on any atom is -0.461 e. The van der Waals surface area contributed by atoms with Gasteiger partial charge in [-0.1, -0.05) is 44.2 Å². The van der Waals surface area contributed by atoms with Gasteiger partial charge >= 0.3 is 5.69 Å². The lowest BCUT2D eigenvalue weighted by Gasteiger charge is -2.17. The lowest BCUT2D eigenvalue weighted by Crippen LogP contribution is -2.40. The standard InChI is InChI=1S/C27H31N7O6/c1-4-11-33-24-21(26(36)34(12-5-2)27(33)37)29-23(30-24)18-13-20(31-32(18)3)40-22(19-15-38-16-39-19)25(35)28-14-17-9-7-6-8-10-17/h6-10,13,15,22H,4-5,11-12,14,16H2,1-3H3,(H,28,35)(H,29,30). The first-order chi connectivity index (χ1) is 19.4. The molecule has 1 aliphatic heterocycles. The van der Waals surface area contributed by atoms with Gasteiger partial charge in [0.05, 0.1) is 0 Å². The summed E-state index contributed by atoms with van der Waals surface area (Å²) in [6.45, 7) is 4.86. The van der Waals surface area contributed by atoms with Crippen LogP contribution in [0.15, 0.2) is 58.0 Å². The second-order valence-electron chi connectivity index (χ2n) is 9.32. The fraction of sp³-hybridized carbons (Fsp3) is 0.370. The molecule has 0 bridgehead atoms. The van der Waals surface area contributed by atoms with E-state index in [1.54, 1.807) is 13.1 Å². The Kier molecular flexibility index (Phi) is 7.71. The highest BCUT2D eigenvalue weighted by Gasteiger charge is 2.31. The Hall–Kier alpha value is -4.81. The first kappa shape index (κ1) is 26.8. The molecule has 5 rings (SSSR count). The molecular weight excluding hydrogens is 518 g/mol. The number of aryl methyl sites for hydroxylation is 2. The van der Waals surface area contributed by atoms with Crippen LogP contribution in [-0.2, 0) is 41.0 Å². The van der Waals surface area contributed by atoms with Crippen molar-refractivity contribution in [1.82, 2.24) is 34.2 Å². The molecule has 210 valence electrons. The number of amides is 1. The van der Waals surface area contributed by atoms with Gasteiger partial charge in [0.2, 0.25) is 18.8 Å². The van der Waals surface area contributed by atoms with Gasteiger partial charge in [-0.25, -0.2) is 9.78 Å². The van der Waals surface area contributed by atoms with E-state index in [2.05, 4.69) is 20.4 Å². The number of fused-ring (bicyclic) bond motifs is 1. The van der Waals surface area contributed by atoms with Crippen molar-refractivity contribution in [3.05, 3.63) is 74.8 Å². The molecule has 1 amide bonds. The van der Waals surface area contributed by atoms with Crippen molar-refractivity contribution in [2.24, 2.45) is 7.05 Å². The number of ether oxygens (including phenoxy) is 3.